The number of primary amides is 1. The van der Waals surface area contributed by atoms with E-state index in [2.05, 4.69) is 11.9 Å². The molecule has 1 aliphatic rings. The maximum absolute atomic E-state index is 14.3. The summed E-state index contributed by atoms with van der Waals surface area (Å²) >= 11 is 0. The third-order valence-electron chi connectivity index (χ3n) is 7.03. The first-order valence-electron chi connectivity index (χ1n) is 12.4. The van der Waals surface area contributed by atoms with Crippen LogP contribution in [0, 0.1) is 0 Å². The molecule has 0 radical (unpaired) electrons. The summed E-state index contributed by atoms with van der Waals surface area (Å²) < 4.78 is 5.45. The van der Waals surface area contributed by atoms with Crippen LogP contribution in [0.4, 0.5) is 0 Å². The number of benzene rings is 1. The topological polar surface area (TPSA) is 147 Å². The van der Waals surface area contributed by atoms with E-state index in [1.165, 1.54) is 17.2 Å². The number of carboxylic acids is 1. The number of amides is 1. The van der Waals surface area contributed by atoms with E-state index in [4.69, 9.17) is 10.2 Å². The van der Waals surface area contributed by atoms with Crippen molar-refractivity contribution in [2.45, 2.75) is 63.5 Å². The van der Waals surface area contributed by atoms with Crippen LogP contribution < -0.4 is 11.4 Å². The van der Waals surface area contributed by atoms with Gasteiger partial charge in [-0.25, -0.2) is 4.79 Å². The molecule has 3 aromatic rings. The predicted octanol–water partition coefficient (Wildman–Crippen LogP) is 3.36. The number of hydrogen-bond acceptors (Lipinski definition) is 6. The minimum absolute atomic E-state index is 0.144. The lowest BCUT2D eigenvalue weighted by Crippen LogP contribution is -2.65. The van der Waals surface area contributed by atoms with Gasteiger partial charge in [-0.15, -0.1) is 0 Å². The summed E-state index contributed by atoms with van der Waals surface area (Å²) in [5, 5.41) is 10.6. The minimum atomic E-state index is -2.22. The molecule has 1 saturated heterocycles. The number of aryl methyl sites for hydroxylation is 1. The SMILES string of the molecule is CCCCCc1ccc(C(=O)C(C(N)=O)(c2c[nH]c3ccccc23)N2CCCCC2C(=O)O)c(=O)o1. The van der Waals surface area contributed by atoms with Crippen molar-refractivity contribution in [3.63, 3.8) is 0 Å². The lowest BCUT2D eigenvalue weighted by atomic mass is 9.77. The number of nitrogens with two attached hydrogens (primary N) is 1. The zero-order valence-electron chi connectivity index (χ0n) is 20.3. The number of aliphatic carboxylic acids is 1. The zero-order chi connectivity index (χ0) is 25.9. The Labute approximate surface area is 208 Å². The summed E-state index contributed by atoms with van der Waals surface area (Å²) in [7, 11) is 0. The van der Waals surface area contributed by atoms with Gasteiger partial charge in [0.15, 0.2) is 5.54 Å². The second-order valence-corrected chi connectivity index (χ2v) is 9.25. The van der Waals surface area contributed by atoms with Gasteiger partial charge in [0.25, 0.3) is 5.91 Å². The number of carbonyl (C=O) groups excluding carboxylic acids is 2. The van der Waals surface area contributed by atoms with Gasteiger partial charge in [0.2, 0.25) is 5.78 Å². The molecule has 4 rings (SSSR count). The molecule has 1 aromatic carbocycles. The van der Waals surface area contributed by atoms with Gasteiger partial charge in [0, 0.05) is 35.6 Å². The second kappa shape index (κ2) is 10.5. The molecule has 0 aliphatic carbocycles. The molecule has 1 aliphatic heterocycles. The molecule has 0 spiro atoms. The zero-order valence-corrected chi connectivity index (χ0v) is 20.3. The quantitative estimate of drug-likeness (QED) is 0.223. The van der Waals surface area contributed by atoms with Crippen LogP contribution in [0.3, 0.4) is 0 Å². The number of aromatic amines is 1. The van der Waals surface area contributed by atoms with Crippen LogP contribution in [0.15, 0.2) is 51.8 Å². The largest absolute Gasteiger partial charge is 0.480 e. The smallest absolute Gasteiger partial charge is 0.346 e. The van der Waals surface area contributed by atoms with Gasteiger partial charge in [0.05, 0.1) is 0 Å². The van der Waals surface area contributed by atoms with Gasteiger partial charge < -0.3 is 20.2 Å². The van der Waals surface area contributed by atoms with Gasteiger partial charge in [0.1, 0.15) is 17.4 Å². The number of para-hydroxylation sites is 1. The molecule has 4 N–H and O–H groups in total. The van der Waals surface area contributed by atoms with Crippen LogP contribution >= 0.6 is 0 Å². The number of rotatable bonds is 10. The number of nitrogens with zero attached hydrogens (tertiary/aromatic N) is 1. The normalized spacial score (nSPS) is 18.1. The first kappa shape index (κ1) is 25.4. The van der Waals surface area contributed by atoms with Crippen LogP contribution in [-0.4, -0.2) is 45.2 Å². The number of nitrogens with one attached hydrogen (secondary N) is 1. The number of hydrogen-bond donors (Lipinski definition) is 3. The number of ketones is 1. The fraction of sp³-hybridized carbons (Fsp3) is 0.407. The highest BCUT2D eigenvalue weighted by atomic mass is 16.4. The number of aromatic nitrogens is 1. The molecule has 2 unspecified atom stereocenters. The molecule has 1 amide bonds. The standard InChI is InChI=1S/C27H31N3O6/c1-2-3-4-9-17-13-14-19(25(34)36-17)23(31)27(26(28)35,30-15-8-7-12-22(30)24(32)33)20-16-29-21-11-6-5-10-18(20)21/h5-6,10-11,13-14,16,22,29H,2-4,7-9,12,15H2,1H3,(H2,28,35)(H,32,33). The van der Waals surface area contributed by atoms with Gasteiger partial charge >= 0.3 is 11.6 Å². The number of carbonyl (C=O) groups is 3. The van der Waals surface area contributed by atoms with E-state index in [9.17, 15) is 24.3 Å². The van der Waals surface area contributed by atoms with Crippen LogP contribution in [0.5, 0.6) is 0 Å². The van der Waals surface area contributed by atoms with Crippen molar-refractivity contribution in [3.05, 3.63) is 69.9 Å². The average Bonchev–Trinajstić information content (AvgIpc) is 3.29. The molecule has 9 heteroatoms. The number of H-pyrrole nitrogens is 1. The molecular weight excluding hydrogens is 462 g/mol. The van der Waals surface area contributed by atoms with Crippen molar-refractivity contribution < 1.29 is 23.9 Å². The first-order chi connectivity index (χ1) is 17.3. The van der Waals surface area contributed by atoms with E-state index in [0.29, 0.717) is 35.9 Å². The van der Waals surface area contributed by atoms with E-state index < -0.39 is 34.9 Å². The molecule has 190 valence electrons. The Balaban J connectivity index is 1.93. The summed E-state index contributed by atoms with van der Waals surface area (Å²) in [6.45, 7) is 2.21. The molecule has 0 saturated carbocycles. The summed E-state index contributed by atoms with van der Waals surface area (Å²) in [4.78, 5) is 57.4. The Morgan fingerprint density at radius 1 is 1.17 bits per heavy atom. The lowest BCUT2D eigenvalue weighted by molar-refractivity contribution is -0.149. The summed E-state index contributed by atoms with van der Waals surface area (Å²) in [5.74, 6) is -2.65. The van der Waals surface area contributed by atoms with Gasteiger partial charge in [-0.1, -0.05) is 44.4 Å². The van der Waals surface area contributed by atoms with Crippen molar-refractivity contribution in [1.29, 1.82) is 0 Å². The number of Topliss-reactive ketones (excluding diaryl/α,β-unsaturated/α-hetero) is 1. The maximum Gasteiger partial charge on any atom is 0.346 e. The molecular formula is C27H31N3O6. The highest BCUT2D eigenvalue weighted by Gasteiger charge is 2.57. The van der Waals surface area contributed by atoms with E-state index in [-0.39, 0.29) is 24.1 Å². The van der Waals surface area contributed by atoms with Crippen LogP contribution in [0.2, 0.25) is 0 Å². The van der Waals surface area contributed by atoms with Crippen molar-refractivity contribution in [2.24, 2.45) is 5.73 Å². The predicted molar refractivity (Wildman–Crippen MR) is 134 cm³/mol. The monoisotopic (exact) mass is 493 g/mol. The lowest BCUT2D eigenvalue weighted by Gasteiger charge is -2.45. The van der Waals surface area contributed by atoms with Gasteiger partial charge in [-0.05, 0) is 37.5 Å². The Morgan fingerprint density at radius 2 is 1.94 bits per heavy atom. The summed E-state index contributed by atoms with van der Waals surface area (Å²) in [5.41, 5.74) is 3.44. The van der Waals surface area contributed by atoms with Crippen molar-refractivity contribution in [1.82, 2.24) is 9.88 Å². The first-order valence-corrected chi connectivity index (χ1v) is 12.4. The fourth-order valence-corrected chi connectivity index (χ4v) is 5.25. The number of fused-ring (bicyclic) bond motifs is 1. The van der Waals surface area contributed by atoms with E-state index >= 15 is 0 Å². The molecule has 2 atom stereocenters. The third kappa shape index (κ3) is 4.35. The van der Waals surface area contributed by atoms with Crippen molar-refractivity contribution >= 4 is 28.6 Å². The highest BCUT2D eigenvalue weighted by Crippen LogP contribution is 2.40. The Morgan fingerprint density at radius 3 is 2.64 bits per heavy atom. The Hall–Kier alpha value is -3.72. The van der Waals surface area contributed by atoms with E-state index in [0.717, 1.165) is 19.3 Å². The van der Waals surface area contributed by atoms with Crippen molar-refractivity contribution in [2.75, 3.05) is 6.54 Å². The second-order valence-electron chi connectivity index (χ2n) is 9.25. The molecule has 1 fully saturated rings. The number of likely N-dealkylation sites (tertiary alicyclic amines) is 1. The molecule has 36 heavy (non-hydrogen) atoms. The van der Waals surface area contributed by atoms with Crippen LogP contribution in [-0.2, 0) is 21.5 Å². The van der Waals surface area contributed by atoms with E-state index in [1.54, 1.807) is 30.3 Å². The molecule has 2 aromatic heterocycles. The Bertz CT molecular complexity index is 1340. The van der Waals surface area contributed by atoms with Crippen molar-refractivity contribution in [3.8, 4) is 0 Å². The highest BCUT2D eigenvalue weighted by molar-refractivity contribution is 6.19. The van der Waals surface area contributed by atoms with E-state index in [1.807, 2.05) is 0 Å². The Kier molecular flexibility index (Phi) is 7.40. The fourth-order valence-electron chi connectivity index (χ4n) is 5.25. The third-order valence-corrected chi connectivity index (χ3v) is 7.03. The minimum Gasteiger partial charge on any atom is -0.480 e. The number of piperidine rings is 1. The summed E-state index contributed by atoms with van der Waals surface area (Å²) in [6.07, 6.45) is 6.30. The van der Waals surface area contributed by atoms with Gasteiger partial charge in [-0.3, -0.25) is 19.3 Å². The molecule has 0 bridgehead atoms. The average molecular weight is 494 g/mol. The molecule has 9 nitrogen and oxygen atoms in total. The van der Waals surface area contributed by atoms with Crippen LogP contribution in [0.1, 0.15) is 67.1 Å². The number of unbranched alkanes of at least 4 members (excludes halogenated alkanes) is 2. The van der Waals surface area contributed by atoms with Crippen LogP contribution in [0.25, 0.3) is 10.9 Å². The maximum atomic E-state index is 14.3. The number of carboxylic acid groups (broad SMARTS) is 1. The molecule has 3 heterocycles. The van der Waals surface area contributed by atoms with Gasteiger partial charge in [-0.2, -0.15) is 0 Å². The summed E-state index contributed by atoms with van der Waals surface area (Å²) in [6, 6.07) is 8.84.